The molecule has 0 atom stereocenters. The third-order valence-electron chi connectivity index (χ3n) is 3.07. The molecule has 1 heterocycles. The zero-order chi connectivity index (χ0) is 15.5. The molecular formula is C16H12FNO3S. The topological polar surface area (TPSA) is 52.3 Å². The molecule has 6 heteroatoms. The van der Waals surface area contributed by atoms with Crippen molar-refractivity contribution in [3.8, 4) is 0 Å². The van der Waals surface area contributed by atoms with Gasteiger partial charge in [0.2, 0.25) is 0 Å². The number of hydrogen-bond donors (Lipinski definition) is 0. The van der Waals surface area contributed by atoms with Crippen LogP contribution in [0.4, 0.5) is 4.39 Å². The fourth-order valence-electron chi connectivity index (χ4n) is 1.94. The number of halogens is 1. The van der Waals surface area contributed by atoms with Gasteiger partial charge in [-0.2, -0.15) is 0 Å². The molecule has 0 radical (unpaired) electrons. The van der Waals surface area contributed by atoms with Gasteiger partial charge >= 0.3 is 5.97 Å². The van der Waals surface area contributed by atoms with E-state index in [2.05, 4.69) is 9.72 Å². The van der Waals surface area contributed by atoms with Gasteiger partial charge in [0.05, 0.1) is 12.7 Å². The summed E-state index contributed by atoms with van der Waals surface area (Å²) in [6.07, 6.45) is 0. The van der Waals surface area contributed by atoms with Gasteiger partial charge in [0, 0.05) is 11.8 Å². The van der Waals surface area contributed by atoms with Crippen LogP contribution < -0.4 is 0 Å². The van der Waals surface area contributed by atoms with Gasteiger partial charge < -0.3 is 9.15 Å². The SMILES string of the molecule is COC(=O)c1ccc(CSc2nc3ccc(F)cc3o2)cc1. The minimum Gasteiger partial charge on any atom is -0.465 e. The number of nitrogens with zero attached hydrogens (tertiary/aromatic N) is 1. The zero-order valence-corrected chi connectivity index (χ0v) is 12.5. The van der Waals surface area contributed by atoms with Crippen molar-refractivity contribution in [3.63, 3.8) is 0 Å². The second-order valence-corrected chi connectivity index (χ2v) is 5.50. The van der Waals surface area contributed by atoms with Crippen LogP contribution in [0.5, 0.6) is 0 Å². The van der Waals surface area contributed by atoms with Crippen molar-refractivity contribution in [1.82, 2.24) is 4.98 Å². The quantitative estimate of drug-likeness (QED) is 0.537. The highest BCUT2D eigenvalue weighted by Crippen LogP contribution is 2.26. The molecule has 0 aliphatic rings. The van der Waals surface area contributed by atoms with Crippen LogP contribution in [0.25, 0.3) is 11.1 Å². The number of thioether (sulfide) groups is 1. The van der Waals surface area contributed by atoms with E-state index in [1.54, 1.807) is 18.2 Å². The van der Waals surface area contributed by atoms with E-state index in [1.165, 1.54) is 31.0 Å². The molecule has 0 aliphatic carbocycles. The minimum absolute atomic E-state index is 0.349. The number of rotatable bonds is 4. The maximum absolute atomic E-state index is 13.1. The summed E-state index contributed by atoms with van der Waals surface area (Å²) in [7, 11) is 1.35. The van der Waals surface area contributed by atoms with Crippen LogP contribution in [-0.4, -0.2) is 18.1 Å². The Hall–Kier alpha value is -2.34. The van der Waals surface area contributed by atoms with Gasteiger partial charge in [0.15, 0.2) is 5.58 Å². The van der Waals surface area contributed by atoms with Gasteiger partial charge in [-0.3, -0.25) is 0 Å². The summed E-state index contributed by atoms with van der Waals surface area (Å²) in [6, 6.07) is 11.4. The van der Waals surface area contributed by atoms with Gasteiger partial charge in [0.25, 0.3) is 5.22 Å². The Morgan fingerprint density at radius 3 is 2.77 bits per heavy atom. The van der Waals surface area contributed by atoms with Crippen LogP contribution in [0, 0.1) is 5.82 Å². The Labute approximate surface area is 130 Å². The smallest absolute Gasteiger partial charge is 0.337 e. The third-order valence-corrected chi connectivity index (χ3v) is 3.97. The molecule has 0 bridgehead atoms. The number of ether oxygens (including phenoxy) is 1. The van der Waals surface area contributed by atoms with Gasteiger partial charge in [-0.1, -0.05) is 23.9 Å². The molecule has 2 aromatic carbocycles. The van der Waals surface area contributed by atoms with Gasteiger partial charge in [-0.25, -0.2) is 14.2 Å². The van der Waals surface area contributed by atoms with Crippen molar-refractivity contribution in [3.05, 3.63) is 59.4 Å². The van der Waals surface area contributed by atoms with E-state index in [4.69, 9.17) is 4.42 Å². The van der Waals surface area contributed by atoms with E-state index in [0.29, 0.717) is 27.6 Å². The lowest BCUT2D eigenvalue weighted by molar-refractivity contribution is 0.0600. The molecule has 0 spiro atoms. The number of esters is 1. The first kappa shape index (κ1) is 14.6. The first-order valence-corrected chi connectivity index (χ1v) is 7.50. The molecule has 112 valence electrons. The molecule has 3 rings (SSSR count). The Morgan fingerprint density at radius 2 is 2.05 bits per heavy atom. The minimum atomic E-state index is -0.361. The summed E-state index contributed by atoms with van der Waals surface area (Å²) in [4.78, 5) is 15.6. The van der Waals surface area contributed by atoms with E-state index in [1.807, 2.05) is 12.1 Å². The number of benzene rings is 2. The molecule has 0 saturated carbocycles. The summed E-state index contributed by atoms with van der Waals surface area (Å²) in [5, 5.41) is 0.484. The molecule has 4 nitrogen and oxygen atoms in total. The van der Waals surface area contributed by atoms with Gasteiger partial charge in [0.1, 0.15) is 11.3 Å². The van der Waals surface area contributed by atoms with Gasteiger partial charge in [-0.15, -0.1) is 0 Å². The fourth-order valence-corrected chi connectivity index (χ4v) is 2.73. The molecule has 0 unspecified atom stereocenters. The molecular weight excluding hydrogens is 305 g/mol. The number of carbonyl (C=O) groups is 1. The molecule has 0 aliphatic heterocycles. The maximum Gasteiger partial charge on any atom is 0.337 e. The van der Waals surface area contributed by atoms with Crippen LogP contribution in [0.2, 0.25) is 0 Å². The Morgan fingerprint density at radius 1 is 1.27 bits per heavy atom. The Balaban J connectivity index is 1.69. The lowest BCUT2D eigenvalue weighted by atomic mass is 10.1. The zero-order valence-electron chi connectivity index (χ0n) is 11.7. The Bertz CT molecular complexity index is 814. The second-order valence-electron chi connectivity index (χ2n) is 4.57. The van der Waals surface area contributed by atoms with E-state index in [-0.39, 0.29) is 11.8 Å². The van der Waals surface area contributed by atoms with Gasteiger partial charge in [-0.05, 0) is 29.8 Å². The van der Waals surface area contributed by atoms with Crippen LogP contribution in [0.3, 0.4) is 0 Å². The standard InChI is InChI=1S/C16H12FNO3S/c1-20-15(19)11-4-2-10(3-5-11)9-22-16-18-13-7-6-12(17)8-14(13)21-16/h2-8H,9H2,1H3. The van der Waals surface area contributed by atoms with Crippen molar-refractivity contribution in [1.29, 1.82) is 0 Å². The second kappa shape index (κ2) is 6.19. The van der Waals surface area contributed by atoms with Crippen molar-refractivity contribution >= 4 is 28.8 Å². The highest BCUT2D eigenvalue weighted by molar-refractivity contribution is 7.98. The number of fused-ring (bicyclic) bond motifs is 1. The van der Waals surface area contributed by atoms with E-state index in [0.717, 1.165) is 5.56 Å². The van der Waals surface area contributed by atoms with E-state index >= 15 is 0 Å². The summed E-state index contributed by atoms with van der Waals surface area (Å²) < 4.78 is 23.2. The molecule has 0 N–H and O–H groups in total. The van der Waals surface area contributed by atoms with E-state index in [9.17, 15) is 9.18 Å². The summed E-state index contributed by atoms with van der Waals surface area (Å²) in [6.45, 7) is 0. The Kier molecular flexibility index (Phi) is 4.11. The third kappa shape index (κ3) is 3.12. The predicted octanol–water partition coefficient (Wildman–Crippen LogP) is 4.05. The average molecular weight is 317 g/mol. The van der Waals surface area contributed by atoms with Crippen LogP contribution in [0.15, 0.2) is 52.1 Å². The summed E-state index contributed by atoms with van der Waals surface area (Å²) in [5.41, 5.74) is 2.59. The number of hydrogen-bond acceptors (Lipinski definition) is 5. The molecule has 1 aromatic heterocycles. The summed E-state index contributed by atoms with van der Waals surface area (Å²) >= 11 is 1.41. The van der Waals surface area contributed by atoms with Crippen molar-refractivity contribution < 1.29 is 18.3 Å². The molecule has 0 amide bonds. The molecule has 0 saturated heterocycles. The van der Waals surface area contributed by atoms with E-state index < -0.39 is 0 Å². The number of aromatic nitrogens is 1. The maximum atomic E-state index is 13.1. The monoisotopic (exact) mass is 317 g/mol. The van der Waals surface area contributed by atoms with Crippen LogP contribution in [-0.2, 0) is 10.5 Å². The number of carbonyl (C=O) groups excluding carboxylic acids is 1. The number of oxazole rings is 1. The first-order valence-electron chi connectivity index (χ1n) is 6.52. The molecule has 3 aromatic rings. The first-order chi connectivity index (χ1) is 10.7. The van der Waals surface area contributed by atoms with Crippen molar-refractivity contribution in [2.45, 2.75) is 11.0 Å². The normalized spacial score (nSPS) is 10.8. The van der Waals surface area contributed by atoms with Crippen LogP contribution >= 0.6 is 11.8 Å². The average Bonchev–Trinajstić information content (AvgIpc) is 2.94. The summed E-state index contributed by atoms with van der Waals surface area (Å²) in [5.74, 6) is -0.0738. The van der Waals surface area contributed by atoms with Crippen molar-refractivity contribution in [2.24, 2.45) is 0 Å². The highest BCUT2D eigenvalue weighted by Gasteiger charge is 2.08. The van der Waals surface area contributed by atoms with Crippen molar-refractivity contribution in [2.75, 3.05) is 7.11 Å². The number of methoxy groups -OCH3 is 1. The predicted molar refractivity (Wildman–Crippen MR) is 81.3 cm³/mol. The molecule has 0 fully saturated rings. The lowest BCUT2D eigenvalue weighted by Gasteiger charge is -2.01. The van der Waals surface area contributed by atoms with Crippen LogP contribution in [0.1, 0.15) is 15.9 Å². The molecule has 22 heavy (non-hydrogen) atoms. The fraction of sp³-hybridized carbons (Fsp3) is 0.125. The largest absolute Gasteiger partial charge is 0.465 e. The highest BCUT2D eigenvalue weighted by atomic mass is 32.2. The lowest BCUT2D eigenvalue weighted by Crippen LogP contribution is -2.00.